The fourth-order valence-corrected chi connectivity index (χ4v) is 1.74. The minimum atomic E-state index is -6.07. The van der Waals surface area contributed by atoms with Crippen molar-refractivity contribution < 1.29 is 58.7 Å². The second-order valence-corrected chi connectivity index (χ2v) is 4.81. The van der Waals surface area contributed by atoms with Gasteiger partial charge >= 0.3 is 53.6 Å². The molecule has 0 aromatic carbocycles. The molecule has 0 amide bonds. The predicted octanol–water partition coefficient (Wildman–Crippen LogP) is -2.43. The molecular formula is C2H17Cr2N3O8. The summed E-state index contributed by atoms with van der Waals surface area (Å²) in [5.74, 6) is 0. The Morgan fingerprint density at radius 3 is 1.07 bits per heavy atom. The number of quaternary nitrogens is 3. The van der Waals surface area contributed by atoms with Crippen molar-refractivity contribution in [3.05, 3.63) is 0 Å². The zero-order valence-electron chi connectivity index (χ0n) is 8.79. The van der Waals surface area contributed by atoms with Crippen LogP contribution < -0.4 is 31.9 Å². The van der Waals surface area contributed by atoms with Crippen LogP contribution >= 0.6 is 0 Å². The van der Waals surface area contributed by atoms with Crippen LogP contribution in [-0.4, -0.2) is 6.61 Å². The first-order valence-electron chi connectivity index (χ1n) is 2.33. The van der Waals surface area contributed by atoms with E-state index in [1.165, 1.54) is 0 Å². The molecule has 0 bridgehead atoms. The molecular weight excluding hydrogens is 298 g/mol. The zero-order valence-corrected chi connectivity index (χ0v) is 11.3. The van der Waals surface area contributed by atoms with Crippen LogP contribution in [0.15, 0.2) is 0 Å². The van der Waals surface area contributed by atoms with Crippen LogP contribution in [0.25, 0.3) is 0 Å². The summed E-state index contributed by atoms with van der Waals surface area (Å²) in [5.41, 5.74) is 0. The van der Waals surface area contributed by atoms with Crippen LogP contribution in [0.1, 0.15) is 6.92 Å². The fourth-order valence-electron chi connectivity index (χ4n) is 0.102. The van der Waals surface area contributed by atoms with Gasteiger partial charge in [0.15, 0.2) is 0 Å². The van der Waals surface area contributed by atoms with E-state index in [1.54, 1.807) is 6.92 Å². The van der Waals surface area contributed by atoms with Crippen LogP contribution in [-0.2, 0) is 45.3 Å². The minimum absolute atomic E-state index is 0. The van der Waals surface area contributed by atoms with Crippen molar-refractivity contribution in [1.29, 1.82) is 0 Å². The van der Waals surface area contributed by atoms with Crippen molar-refractivity contribution in [1.82, 2.24) is 18.5 Å². The third-order valence-electron chi connectivity index (χ3n) is 0.167. The van der Waals surface area contributed by atoms with E-state index in [4.69, 9.17) is 5.11 Å². The van der Waals surface area contributed by atoms with Crippen molar-refractivity contribution in [2.45, 2.75) is 6.92 Å². The van der Waals surface area contributed by atoms with Gasteiger partial charge in [0.1, 0.15) is 0 Å². The van der Waals surface area contributed by atoms with Gasteiger partial charge in [-0.15, -0.1) is 6.61 Å². The van der Waals surface area contributed by atoms with Gasteiger partial charge in [-0.2, -0.15) is 0 Å². The molecule has 0 aliphatic carbocycles. The van der Waals surface area contributed by atoms with Crippen LogP contribution in [0.3, 0.4) is 0 Å². The molecule has 100 valence electrons. The summed E-state index contributed by atoms with van der Waals surface area (Å²) in [4.78, 5) is 0. The third-order valence-corrected chi connectivity index (χ3v) is 2.83. The topological polar surface area (TPSA) is 256 Å². The molecule has 0 aliphatic rings. The molecule has 0 saturated heterocycles. The molecule has 0 unspecified atom stereocenters. The standard InChI is InChI=1S/C2H5O.2Cr.3H3N.7O/c1-2-3;;;;;;;;;;;;/h2H2,1H3;;;3*1H3;;;;;;;/q-1;;;;;;;;;;;2*-1/p+3. The molecule has 15 heavy (non-hydrogen) atoms. The Bertz CT molecular complexity index is 264. The molecule has 0 aliphatic heterocycles. The van der Waals surface area contributed by atoms with Crippen LogP contribution in [0.2, 0.25) is 0 Å². The Morgan fingerprint density at radius 2 is 1.07 bits per heavy atom. The third kappa shape index (κ3) is 56.1. The first-order valence-corrected chi connectivity index (χ1v) is 6.49. The van der Waals surface area contributed by atoms with Gasteiger partial charge < -0.3 is 23.6 Å². The average molecular weight is 315 g/mol. The van der Waals surface area contributed by atoms with Crippen molar-refractivity contribution in [2.24, 2.45) is 0 Å². The van der Waals surface area contributed by atoms with Crippen molar-refractivity contribution in [3.63, 3.8) is 0 Å². The first-order chi connectivity index (χ1) is 5.12. The summed E-state index contributed by atoms with van der Waals surface area (Å²) >= 11 is -12.1. The van der Waals surface area contributed by atoms with E-state index in [0.29, 0.717) is 0 Å². The van der Waals surface area contributed by atoms with Gasteiger partial charge in [0.25, 0.3) is 0 Å². The van der Waals surface area contributed by atoms with E-state index in [9.17, 15) is 23.5 Å². The van der Waals surface area contributed by atoms with Crippen molar-refractivity contribution in [2.75, 3.05) is 6.61 Å². The Balaban J connectivity index is -0.0000000500. The van der Waals surface area contributed by atoms with Gasteiger partial charge in [0.2, 0.25) is 0 Å². The van der Waals surface area contributed by atoms with Crippen LogP contribution in [0.5, 0.6) is 0 Å². The van der Waals surface area contributed by atoms with Gasteiger partial charge in [0.05, 0.1) is 0 Å². The molecule has 12 N–H and O–H groups in total. The maximum absolute atomic E-state index is 9.38. The SMILES string of the molecule is CC[O-].[NH4+].[NH4+].[NH4+].[O]=[Cr](=[O])([O-])[O][Cr](=[O])(=[O])[O-]. The number of rotatable bonds is 2. The molecule has 0 atom stereocenters. The second kappa shape index (κ2) is 12.1. The molecule has 0 heterocycles. The first kappa shape index (κ1) is 29.4. The predicted molar refractivity (Wildman–Crippen MR) is 32.3 cm³/mol. The van der Waals surface area contributed by atoms with Gasteiger partial charge in [-0.3, -0.25) is 0 Å². The van der Waals surface area contributed by atoms with Gasteiger partial charge in [0, 0.05) is 0 Å². The van der Waals surface area contributed by atoms with Gasteiger partial charge in [-0.1, -0.05) is 6.92 Å². The molecule has 13 heteroatoms. The zero-order chi connectivity index (χ0) is 10.4. The summed E-state index contributed by atoms with van der Waals surface area (Å²) in [6.45, 7) is 1.57. The Morgan fingerprint density at radius 1 is 0.933 bits per heavy atom. The molecule has 0 saturated carbocycles. The molecule has 0 aromatic rings. The Labute approximate surface area is 91.0 Å². The average Bonchev–Trinajstić information content (AvgIpc) is 1.53. The normalized spacial score (nSPS) is 9.33. The molecule has 0 radical (unpaired) electrons. The van der Waals surface area contributed by atoms with Gasteiger partial charge in [-0.25, -0.2) is 0 Å². The summed E-state index contributed by atoms with van der Waals surface area (Å²) in [6.07, 6.45) is 0. The Kier molecular flexibility index (Phi) is 23.6. The van der Waals surface area contributed by atoms with E-state index in [0.717, 1.165) is 0 Å². The number of hydrogen-bond donors (Lipinski definition) is 3. The van der Waals surface area contributed by atoms with Crippen LogP contribution in [0, 0.1) is 0 Å². The fraction of sp³-hybridized carbons (Fsp3) is 1.00. The van der Waals surface area contributed by atoms with E-state index >= 15 is 0 Å². The summed E-state index contributed by atoms with van der Waals surface area (Å²) in [7, 11) is 0. The van der Waals surface area contributed by atoms with E-state index in [1.807, 2.05) is 0 Å². The van der Waals surface area contributed by atoms with Crippen LogP contribution in [0.4, 0.5) is 0 Å². The summed E-state index contributed by atoms with van der Waals surface area (Å²) in [6, 6.07) is 0. The second-order valence-electron chi connectivity index (χ2n) is 1.17. The van der Waals surface area contributed by atoms with E-state index < -0.39 is 27.2 Å². The molecule has 0 fully saturated rings. The quantitative estimate of drug-likeness (QED) is 0.491. The van der Waals surface area contributed by atoms with Crippen molar-refractivity contribution >= 4 is 0 Å². The molecule has 11 nitrogen and oxygen atoms in total. The monoisotopic (exact) mass is 315 g/mol. The maximum atomic E-state index is 9.38. The Hall–Kier alpha value is -0.0151. The van der Waals surface area contributed by atoms with E-state index in [-0.39, 0.29) is 25.1 Å². The molecule has 0 aromatic heterocycles. The van der Waals surface area contributed by atoms with E-state index in [2.05, 4.69) is 2.84 Å². The molecule has 0 rings (SSSR count). The summed E-state index contributed by atoms with van der Waals surface area (Å²) < 4.78 is 58.9. The number of hydrogen-bond acceptors (Lipinski definition) is 8. The van der Waals surface area contributed by atoms with Gasteiger partial charge in [-0.05, 0) is 0 Å². The van der Waals surface area contributed by atoms with Crippen molar-refractivity contribution in [3.8, 4) is 0 Å². The summed E-state index contributed by atoms with van der Waals surface area (Å²) in [5, 5.41) is 8.93. The molecule has 0 spiro atoms.